The van der Waals surface area contributed by atoms with Crippen molar-refractivity contribution in [3.8, 4) is 5.75 Å². The highest BCUT2D eigenvalue weighted by Gasteiger charge is 2.15. The minimum Gasteiger partial charge on any atom is -0.489 e. The van der Waals surface area contributed by atoms with E-state index in [0.29, 0.717) is 18.9 Å². The summed E-state index contributed by atoms with van der Waals surface area (Å²) in [5, 5.41) is 6.06. The summed E-state index contributed by atoms with van der Waals surface area (Å²) in [6.07, 6.45) is 2.58. The number of hydrogen-bond acceptors (Lipinski definition) is 4. The fourth-order valence-corrected chi connectivity index (χ4v) is 1.97. The fourth-order valence-electron chi connectivity index (χ4n) is 1.97. The van der Waals surface area contributed by atoms with Gasteiger partial charge in [0.1, 0.15) is 12.4 Å². The van der Waals surface area contributed by atoms with Crippen LogP contribution in [0.5, 0.6) is 5.75 Å². The molecule has 0 bridgehead atoms. The topological polar surface area (TPSA) is 63.5 Å². The second kappa shape index (κ2) is 10.7. The van der Waals surface area contributed by atoms with E-state index in [9.17, 15) is 4.79 Å². The van der Waals surface area contributed by atoms with Gasteiger partial charge in [0.15, 0.2) is 5.76 Å². The first-order valence-electron chi connectivity index (χ1n) is 7.54. The Bertz CT molecular complexity index is 572. The van der Waals surface area contributed by atoms with Gasteiger partial charge in [0.05, 0.1) is 6.26 Å². The van der Waals surface area contributed by atoms with Gasteiger partial charge in [-0.05, 0) is 31.2 Å². The van der Waals surface area contributed by atoms with E-state index in [1.54, 1.807) is 6.07 Å². The number of carbonyl (C=O) groups is 1. The van der Waals surface area contributed by atoms with Gasteiger partial charge in [0, 0.05) is 18.7 Å². The molecule has 5 nitrogen and oxygen atoms in total. The van der Waals surface area contributed by atoms with Gasteiger partial charge in [-0.25, -0.2) is 0 Å². The van der Waals surface area contributed by atoms with E-state index in [1.165, 1.54) is 6.26 Å². The van der Waals surface area contributed by atoms with Gasteiger partial charge in [0.25, 0.3) is 5.91 Å². The Morgan fingerprint density at radius 2 is 1.91 bits per heavy atom. The van der Waals surface area contributed by atoms with Crippen LogP contribution in [0.1, 0.15) is 29.5 Å². The SMILES string of the molecule is CCCNCCNC(=O)c1occc1COc1ccccc1.Cl. The maximum Gasteiger partial charge on any atom is 0.287 e. The van der Waals surface area contributed by atoms with Crippen LogP contribution < -0.4 is 15.4 Å². The molecule has 0 saturated heterocycles. The number of amides is 1. The summed E-state index contributed by atoms with van der Waals surface area (Å²) in [7, 11) is 0. The van der Waals surface area contributed by atoms with Crippen LogP contribution in [0.3, 0.4) is 0 Å². The van der Waals surface area contributed by atoms with Crippen molar-refractivity contribution in [2.45, 2.75) is 20.0 Å². The molecule has 0 aliphatic heterocycles. The van der Waals surface area contributed by atoms with Crippen LogP contribution in [0.4, 0.5) is 0 Å². The zero-order chi connectivity index (χ0) is 15.6. The molecule has 23 heavy (non-hydrogen) atoms. The average Bonchev–Trinajstić information content (AvgIpc) is 3.02. The first-order chi connectivity index (χ1) is 10.8. The van der Waals surface area contributed by atoms with Gasteiger partial charge in [-0.2, -0.15) is 0 Å². The second-order valence-electron chi connectivity index (χ2n) is 4.88. The Morgan fingerprint density at radius 3 is 2.65 bits per heavy atom. The lowest BCUT2D eigenvalue weighted by Crippen LogP contribution is -2.32. The van der Waals surface area contributed by atoms with Crippen molar-refractivity contribution < 1.29 is 13.9 Å². The Hall–Kier alpha value is -1.98. The number of ether oxygens (including phenoxy) is 1. The molecule has 2 N–H and O–H groups in total. The van der Waals surface area contributed by atoms with Gasteiger partial charge in [-0.1, -0.05) is 25.1 Å². The largest absolute Gasteiger partial charge is 0.489 e. The molecule has 0 spiro atoms. The van der Waals surface area contributed by atoms with Crippen LogP contribution in [-0.4, -0.2) is 25.5 Å². The average molecular weight is 339 g/mol. The highest BCUT2D eigenvalue weighted by molar-refractivity contribution is 5.92. The molecule has 0 aliphatic rings. The minimum atomic E-state index is -0.213. The number of para-hydroxylation sites is 1. The van der Waals surface area contributed by atoms with Crippen LogP contribution in [0.2, 0.25) is 0 Å². The number of benzene rings is 1. The van der Waals surface area contributed by atoms with Gasteiger partial charge < -0.3 is 19.8 Å². The van der Waals surface area contributed by atoms with Crippen LogP contribution in [0.15, 0.2) is 47.1 Å². The van der Waals surface area contributed by atoms with Crippen molar-refractivity contribution in [2.75, 3.05) is 19.6 Å². The molecule has 0 radical (unpaired) electrons. The molecule has 0 atom stereocenters. The summed E-state index contributed by atoms with van der Waals surface area (Å²) in [6, 6.07) is 11.2. The van der Waals surface area contributed by atoms with E-state index in [-0.39, 0.29) is 18.3 Å². The highest BCUT2D eigenvalue weighted by Crippen LogP contribution is 2.15. The molecule has 1 aromatic carbocycles. The monoisotopic (exact) mass is 338 g/mol. The number of hydrogen-bond donors (Lipinski definition) is 2. The number of furan rings is 1. The number of nitrogens with one attached hydrogen (secondary N) is 2. The predicted octanol–water partition coefficient (Wildman–Crippen LogP) is 3.01. The van der Waals surface area contributed by atoms with Crippen molar-refractivity contribution in [1.82, 2.24) is 10.6 Å². The fraction of sp³-hybridized carbons (Fsp3) is 0.353. The number of halogens is 1. The Morgan fingerprint density at radius 1 is 1.13 bits per heavy atom. The standard InChI is InChI=1S/C17H22N2O3.ClH/c1-2-9-18-10-11-19-17(20)16-14(8-12-21-16)13-22-15-6-4-3-5-7-15;/h3-8,12,18H,2,9-11,13H2,1H3,(H,19,20);1H. The Balaban J connectivity index is 0.00000264. The van der Waals surface area contributed by atoms with Crippen molar-refractivity contribution in [2.24, 2.45) is 0 Å². The van der Waals surface area contributed by atoms with Crippen LogP contribution in [0, 0.1) is 0 Å². The smallest absolute Gasteiger partial charge is 0.287 e. The molecule has 6 heteroatoms. The molecule has 0 fully saturated rings. The number of carbonyl (C=O) groups excluding carboxylic acids is 1. The lowest BCUT2D eigenvalue weighted by molar-refractivity contribution is 0.0923. The van der Waals surface area contributed by atoms with E-state index in [4.69, 9.17) is 9.15 Å². The molecule has 2 rings (SSSR count). The van der Waals surface area contributed by atoms with E-state index >= 15 is 0 Å². The van der Waals surface area contributed by atoms with E-state index in [1.807, 2.05) is 30.3 Å². The molecule has 1 amide bonds. The van der Waals surface area contributed by atoms with E-state index < -0.39 is 0 Å². The Labute approximate surface area is 142 Å². The summed E-state index contributed by atoms with van der Waals surface area (Å²) in [6.45, 7) is 4.67. The number of rotatable bonds is 9. The van der Waals surface area contributed by atoms with E-state index in [0.717, 1.165) is 30.8 Å². The molecule has 1 aromatic heterocycles. The third-order valence-corrected chi connectivity index (χ3v) is 3.10. The minimum absolute atomic E-state index is 0. The molecule has 0 saturated carbocycles. The summed E-state index contributed by atoms with van der Waals surface area (Å²) in [5.74, 6) is 0.861. The molecular formula is C17H23ClN2O3. The molecule has 2 aromatic rings. The van der Waals surface area contributed by atoms with Crippen LogP contribution in [-0.2, 0) is 6.61 Å². The zero-order valence-electron chi connectivity index (χ0n) is 13.2. The Kier molecular flexibility index (Phi) is 8.87. The third kappa shape index (κ3) is 6.34. The first kappa shape index (κ1) is 19.1. The lowest BCUT2D eigenvalue weighted by atomic mass is 10.2. The summed E-state index contributed by atoms with van der Waals surface area (Å²) in [5.41, 5.74) is 0.739. The molecule has 126 valence electrons. The van der Waals surface area contributed by atoms with Gasteiger partial charge in [-0.15, -0.1) is 12.4 Å². The lowest BCUT2D eigenvalue weighted by Gasteiger charge is -2.07. The van der Waals surface area contributed by atoms with Crippen molar-refractivity contribution in [3.63, 3.8) is 0 Å². The normalized spacial score (nSPS) is 9.96. The highest BCUT2D eigenvalue weighted by atomic mass is 35.5. The van der Waals surface area contributed by atoms with Gasteiger partial charge in [0.2, 0.25) is 0 Å². The van der Waals surface area contributed by atoms with Crippen molar-refractivity contribution >= 4 is 18.3 Å². The summed E-state index contributed by atoms with van der Waals surface area (Å²) in [4.78, 5) is 12.1. The summed E-state index contributed by atoms with van der Waals surface area (Å²) >= 11 is 0. The molecule has 0 unspecified atom stereocenters. The van der Waals surface area contributed by atoms with Crippen LogP contribution >= 0.6 is 12.4 Å². The van der Waals surface area contributed by atoms with Crippen molar-refractivity contribution in [3.05, 3.63) is 54.0 Å². The third-order valence-electron chi connectivity index (χ3n) is 3.10. The molecular weight excluding hydrogens is 316 g/mol. The van der Waals surface area contributed by atoms with Gasteiger partial charge >= 0.3 is 0 Å². The summed E-state index contributed by atoms with van der Waals surface area (Å²) < 4.78 is 10.9. The maximum absolute atomic E-state index is 12.1. The maximum atomic E-state index is 12.1. The zero-order valence-corrected chi connectivity index (χ0v) is 14.0. The predicted molar refractivity (Wildman–Crippen MR) is 92.2 cm³/mol. The van der Waals surface area contributed by atoms with E-state index in [2.05, 4.69) is 17.6 Å². The molecule has 0 aliphatic carbocycles. The second-order valence-corrected chi connectivity index (χ2v) is 4.88. The van der Waals surface area contributed by atoms with Crippen molar-refractivity contribution in [1.29, 1.82) is 0 Å². The van der Waals surface area contributed by atoms with Crippen LogP contribution in [0.25, 0.3) is 0 Å². The first-order valence-corrected chi connectivity index (χ1v) is 7.54. The molecule has 1 heterocycles. The quantitative estimate of drug-likeness (QED) is 0.690. The van der Waals surface area contributed by atoms with Gasteiger partial charge in [-0.3, -0.25) is 4.79 Å².